The zero-order valence-corrected chi connectivity index (χ0v) is 9.69. The summed E-state index contributed by atoms with van der Waals surface area (Å²) in [6.07, 6.45) is 3.02. The lowest BCUT2D eigenvalue weighted by molar-refractivity contribution is 0.144. The second kappa shape index (κ2) is 6.92. The van der Waals surface area contributed by atoms with E-state index in [2.05, 4.69) is 10.3 Å². The Hall–Kier alpha value is -0.450. The van der Waals surface area contributed by atoms with Gasteiger partial charge in [0, 0.05) is 30.8 Å². The predicted octanol–water partition coefficient (Wildman–Crippen LogP) is 1.97. The van der Waals surface area contributed by atoms with Crippen molar-refractivity contribution in [2.45, 2.75) is 26.8 Å². The Morgan fingerprint density at radius 1 is 1.57 bits per heavy atom. The van der Waals surface area contributed by atoms with Gasteiger partial charge in [0.2, 0.25) is 0 Å². The van der Waals surface area contributed by atoms with Gasteiger partial charge >= 0.3 is 0 Å². The standard InChI is InChI=1S/C10H18N2OS/c1-3-13-6-4-5-11-7-10-8-12-9(2)14-10/h8,11H,3-7H2,1-2H3. The van der Waals surface area contributed by atoms with Gasteiger partial charge in [-0.3, -0.25) is 0 Å². The average Bonchev–Trinajstić information content (AvgIpc) is 2.58. The molecule has 1 heterocycles. The Kier molecular flexibility index (Phi) is 5.75. The van der Waals surface area contributed by atoms with E-state index >= 15 is 0 Å². The third kappa shape index (κ3) is 4.69. The molecule has 0 fully saturated rings. The maximum Gasteiger partial charge on any atom is 0.0897 e. The number of nitrogens with one attached hydrogen (secondary N) is 1. The van der Waals surface area contributed by atoms with Crippen LogP contribution in [0.25, 0.3) is 0 Å². The molecule has 3 nitrogen and oxygen atoms in total. The van der Waals surface area contributed by atoms with Crippen LogP contribution in [0.3, 0.4) is 0 Å². The van der Waals surface area contributed by atoms with Gasteiger partial charge in [-0.05, 0) is 26.8 Å². The molecule has 0 aliphatic heterocycles. The zero-order valence-electron chi connectivity index (χ0n) is 8.88. The van der Waals surface area contributed by atoms with Gasteiger partial charge in [0.15, 0.2) is 0 Å². The van der Waals surface area contributed by atoms with Crippen molar-refractivity contribution in [1.29, 1.82) is 0 Å². The van der Waals surface area contributed by atoms with Gasteiger partial charge in [0.25, 0.3) is 0 Å². The molecule has 4 heteroatoms. The Balaban J connectivity index is 1.99. The highest BCUT2D eigenvalue weighted by atomic mass is 32.1. The summed E-state index contributed by atoms with van der Waals surface area (Å²) in [6.45, 7) is 7.66. The van der Waals surface area contributed by atoms with E-state index in [1.165, 1.54) is 4.88 Å². The first-order valence-electron chi connectivity index (χ1n) is 5.02. The van der Waals surface area contributed by atoms with Crippen LogP contribution in [0.15, 0.2) is 6.20 Å². The van der Waals surface area contributed by atoms with E-state index in [0.717, 1.165) is 37.7 Å². The second-order valence-corrected chi connectivity index (χ2v) is 4.39. The van der Waals surface area contributed by atoms with E-state index in [1.54, 1.807) is 11.3 Å². The minimum Gasteiger partial charge on any atom is -0.382 e. The number of thiazole rings is 1. The van der Waals surface area contributed by atoms with Crippen LogP contribution in [0.5, 0.6) is 0 Å². The molecule has 0 amide bonds. The van der Waals surface area contributed by atoms with Crippen molar-refractivity contribution in [3.8, 4) is 0 Å². The fraction of sp³-hybridized carbons (Fsp3) is 0.700. The molecule has 0 unspecified atom stereocenters. The molecule has 0 aromatic carbocycles. The summed E-state index contributed by atoms with van der Waals surface area (Å²) in [5.41, 5.74) is 0. The highest BCUT2D eigenvalue weighted by Crippen LogP contribution is 2.10. The molecule has 0 aliphatic rings. The minimum atomic E-state index is 0.814. The number of aryl methyl sites for hydroxylation is 1. The predicted molar refractivity (Wildman–Crippen MR) is 59.7 cm³/mol. The third-order valence-electron chi connectivity index (χ3n) is 1.81. The molecular weight excluding hydrogens is 196 g/mol. The van der Waals surface area contributed by atoms with Crippen LogP contribution in [0.4, 0.5) is 0 Å². The first kappa shape index (κ1) is 11.6. The summed E-state index contributed by atoms with van der Waals surface area (Å²) in [4.78, 5) is 5.50. The molecule has 1 N–H and O–H groups in total. The summed E-state index contributed by atoms with van der Waals surface area (Å²) in [5.74, 6) is 0. The molecule has 0 spiro atoms. The quantitative estimate of drug-likeness (QED) is 0.705. The van der Waals surface area contributed by atoms with Gasteiger partial charge in [-0.1, -0.05) is 0 Å². The van der Waals surface area contributed by atoms with Gasteiger partial charge < -0.3 is 10.1 Å². The summed E-state index contributed by atoms with van der Waals surface area (Å²) in [6, 6.07) is 0. The van der Waals surface area contributed by atoms with Crippen molar-refractivity contribution >= 4 is 11.3 Å². The minimum absolute atomic E-state index is 0.814. The molecule has 1 rings (SSSR count). The molecule has 80 valence electrons. The van der Waals surface area contributed by atoms with Crippen molar-refractivity contribution < 1.29 is 4.74 Å². The number of ether oxygens (including phenoxy) is 1. The number of nitrogens with zero attached hydrogens (tertiary/aromatic N) is 1. The van der Waals surface area contributed by atoms with Crippen molar-refractivity contribution in [2.24, 2.45) is 0 Å². The number of hydrogen-bond acceptors (Lipinski definition) is 4. The van der Waals surface area contributed by atoms with Crippen LogP contribution in [0.1, 0.15) is 23.2 Å². The highest BCUT2D eigenvalue weighted by molar-refractivity contribution is 7.11. The molecule has 0 bridgehead atoms. The molecule has 0 radical (unpaired) electrons. The van der Waals surface area contributed by atoms with E-state index in [1.807, 2.05) is 20.0 Å². The van der Waals surface area contributed by atoms with Gasteiger partial charge in [-0.25, -0.2) is 4.98 Å². The first-order chi connectivity index (χ1) is 6.83. The lowest BCUT2D eigenvalue weighted by atomic mass is 10.4. The molecule has 0 aliphatic carbocycles. The number of hydrogen-bond donors (Lipinski definition) is 1. The Morgan fingerprint density at radius 2 is 2.43 bits per heavy atom. The molecule has 0 atom stereocenters. The van der Waals surface area contributed by atoms with Crippen molar-refractivity contribution in [1.82, 2.24) is 10.3 Å². The SMILES string of the molecule is CCOCCCNCc1cnc(C)s1. The van der Waals surface area contributed by atoms with Gasteiger partial charge in [0.05, 0.1) is 5.01 Å². The van der Waals surface area contributed by atoms with Crippen LogP contribution >= 0.6 is 11.3 Å². The Bertz CT molecular complexity index is 250. The molecule has 14 heavy (non-hydrogen) atoms. The lowest BCUT2D eigenvalue weighted by Crippen LogP contribution is -2.15. The van der Waals surface area contributed by atoms with E-state index in [4.69, 9.17) is 4.74 Å². The van der Waals surface area contributed by atoms with Crippen LogP contribution < -0.4 is 5.32 Å². The van der Waals surface area contributed by atoms with Crippen molar-refractivity contribution in [3.63, 3.8) is 0 Å². The Labute approximate surface area is 89.5 Å². The molecule has 1 aromatic heterocycles. The van der Waals surface area contributed by atoms with Crippen molar-refractivity contribution in [3.05, 3.63) is 16.1 Å². The second-order valence-electron chi connectivity index (χ2n) is 3.07. The van der Waals surface area contributed by atoms with Gasteiger partial charge in [-0.15, -0.1) is 11.3 Å². The van der Waals surface area contributed by atoms with E-state index in [-0.39, 0.29) is 0 Å². The third-order valence-corrected chi connectivity index (χ3v) is 2.73. The lowest BCUT2D eigenvalue weighted by Gasteiger charge is -2.02. The Morgan fingerprint density at radius 3 is 3.07 bits per heavy atom. The number of aromatic nitrogens is 1. The summed E-state index contributed by atoms with van der Waals surface area (Å²) in [5, 5.41) is 4.50. The normalized spacial score (nSPS) is 10.7. The molecular formula is C10H18N2OS. The largest absolute Gasteiger partial charge is 0.382 e. The topological polar surface area (TPSA) is 34.1 Å². The summed E-state index contributed by atoms with van der Waals surface area (Å²) in [7, 11) is 0. The van der Waals surface area contributed by atoms with Crippen LogP contribution in [-0.2, 0) is 11.3 Å². The molecule has 1 aromatic rings. The van der Waals surface area contributed by atoms with Crippen molar-refractivity contribution in [2.75, 3.05) is 19.8 Å². The average molecular weight is 214 g/mol. The maximum atomic E-state index is 5.24. The maximum absolute atomic E-state index is 5.24. The monoisotopic (exact) mass is 214 g/mol. The highest BCUT2D eigenvalue weighted by Gasteiger charge is 1.96. The molecule has 0 saturated heterocycles. The fourth-order valence-corrected chi connectivity index (χ4v) is 1.91. The molecule has 0 saturated carbocycles. The summed E-state index contributed by atoms with van der Waals surface area (Å²) < 4.78 is 5.24. The fourth-order valence-electron chi connectivity index (χ4n) is 1.14. The zero-order chi connectivity index (χ0) is 10.2. The van der Waals surface area contributed by atoms with Gasteiger partial charge in [0.1, 0.15) is 0 Å². The van der Waals surface area contributed by atoms with E-state index in [0.29, 0.717) is 0 Å². The smallest absolute Gasteiger partial charge is 0.0897 e. The van der Waals surface area contributed by atoms with Crippen LogP contribution in [0.2, 0.25) is 0 Å². The first-order valence-corrected chi connectivity index (χ1v) is 5.84. The number of rotatable bonds is 7. The van der Waals surface area contributed by atoms with E-state index in [9.17, 15) is 0 Å². The van der Waals surface area contributed by atoms with Crippen LogP contribution in [0, 0.1) is 6.92 Å². The van der Waals surface area contributed by atoms with Gasteiger partial charge in [-0.2, -0.15) is 0 Å². The van der Waals surface area contributed by atoms with E-state index < -0.39 is 0 Å². The van der Waals surface area contributed by atoms with Crippen LogP contribution in [-0.4, -0.2) is 24.7 Å². The summed E-state index contributed by atoms with van der Waals surface area (Å²) >= 11 is 1.75.